The maximum Gasteiger partial charge on any atom is 0.275 e. The van der Waals surface area contributed by atoms with Crippen LogP contribution in [-0.2, 0) is 6.54 Å². The van der Waals surface area contributed by atoms with E-state index in [2.05, 4.69) is 10.00 Å². The minimum atomic E-state index is -0.270. The molecule has 1 aliphatic rings. The van der Waals surface area contributed by atoms with Crippen LogP contribution in [0.2, 0.25) is 0 Å². The second-order valence-electron chi connectivity index (χ2n) is 6.77. The largest absolute Gasteiger partial charge is 0.368 e. The highest BCUT2D eigenvalue weighted by Gasteiger charge is 2.26. The van der Waals surface area contributed by atoms with Crippen molar-refractivity contribution in [2.75, 3.05) is 31.1 Å². The van der Waals surface area contributed by atoms with Crippen LogP contribution in [0.5, 0.6) is 0 Å². The molecule has 1 aliphatic heterocycles. The van der Waals surface area contributed by atoms with Crippen molar-refractivity contribution >= 4 is 22.4 Å². The monoisotopic (exact) mass is 380 g/mol. The standard InChI is InChI=1S/C21H21FN4O2/c1-2-26-20(27)18-9-4-3-8-17(18)19(23-26)21(28)25-12-10-24(11-13-25)16-7-5-6-15(22)14-16/h3-9,14H,2,10-13H2,1H3. The molecule has 1 saturated heterocycles. The first-order chi connectivity index (χ1) is 13.6. The normalized spacial score (nSPS) is 14.5. The third-order valence-corrected chi connectivity index (χ3v) is 5.11. The summed E-state index contributed by atoms with van der Waals surface area (Å²) in [5.41, 5.74) is 0.928. The smallest absolute Gasteiger partial charge is 0.275 e. The first kappa shape index (κ1) is 18.2. The summed E-state index contributed by atoms with van der Waals surface area (Å²) in [5, 5.41) is 5.41. The Kier molecular flexibility index (Phi) is 4.81. The molecule has 1 aromatic heterocycles. The number of benzene rings is 2. The third kappa shape index (κ3) is 3.24. The molecule has 0 N–H and O–H groups in total. The fourth-order valence-electron chi connectivity index (χ4n) is 3.60. The highest BCUT2D eigenvalue weighted by Crippen LogP contribution is 2.20. The van der Waals surface area contributed by atoms with E-state index < -0.39 is 0 Å². The van der Waals surface area contributed by atoms with Gasteiger partial charge in [-0.05, 0) is 31.2 Å². The molecule has 144 valence electrons. The van der Waals surface area contributed by atoms with Gasteiger partial charge in [-0.3, -0.25) is 9.59 Å². The molecular weight excluding hydrogens is 359 g/mol. The Hall–Kier alpha value is -3.22. The van der Waals surface area contributed by atoms with Crippen LogP contribution in [0.3, 0.4) is 0 Å². The highest BCUT2D eigenvalue weighted by molar-refractivity contribution is 6.04. The van der Waals surface area contributed by atoms with Crippen LogP contribution in [0.1, 0.15) is 17.4 Å². The second kappa shape index (κ2) is 7.42. The summed E-state index contributed by atoms with van der Waals surface area (Å²) >= 11 is 0. The lowest BCUT2D eigenvalue weighted by Gasteiger charge is -2.36. The number of aryl methyl sites for hydroxylation is 1. The molecule has 0 spiro atoms. The van der Waals surface area contributed by atoms with E-state index in [1.165, 1.54) is 16.8 Å². The van der Waals surface area contributed by atoms with Crippen molar-refractivity contribution < 1.29 is 9.18 Å². The van der Waals surface area contributed by atoms with E-state index in [1.807, 2.05) is 13.0 Å². The maximum absolute atomic E-state index is 13.5. The molecule has 0 aliphatic carbocycles. The van der Waals surface area contributed by atoms with E-state index in [0.717, 1.165) is 5.69 Å². The van der Waals surface area contributed by atoms with Gasteiger partial charge in [-0.2, -0.15) is 5.10 Å². The van der Waals surface area contributed by atoms with Crippen LogP contribution in [0.15, 0.2) is 53.3 Å². The van der Waals surface area contributed by atoms with Gasteiger partial charge in [0.25, 0.3) is 11.5 Å². The molecule has 4 rings (SSSR count). The maximum atomic E-state index is 13.5. The molecule has 1 fully saturated rings. The second-order valence-corrected chi connectivity index (χ2v) is 6.77. The highest BCUT2D eigenvalue weighted by atomic mass is 19.1. The summed E-state index contributed by atoms with van der Waals surface area (Å²) in [6.45, 7) is 4.47. The number of carbonyl (C=O) groups excluding carboxylic acids is 1. The van der Waals surface area contributed by atoms with E-state index in [4.69, 9.17) is 0 Å². The minimum Gasteiger partial charge on any atom is -0.368 e. The van der Waals surface area contributed by atoms with E-state index >= 15 is 0 Å². The molecule has 6 nitrogen and oxygen atoms in total. The van der Waals surface area contributed by atoms with Gasteiger partial charge in [0, 0.05) is 43.8 Å². The third-order valence-electron chi connectivity index (χ3n) is 5.11. The predicted molar refractivity (Wildman–Crippen MR) is 106 cm³/mol. The Morgan fingerprint density at radius 1 is 1.04 bits per heavy atom. The zero-order chi connectivity index (χ0) is 19.7. The van der Waals surface area contributed by atoms with Gasteiger partial charge in [0.1, 0.15) is 5.82 Å². The number of halogens is 1. The number of hydrogen-bond donors (Lipinski definition) is 0. The average molecular weight is 380 g/mol. The Balaban J connectivity index is 1.59. The van der Waals surface area contributed by atoms with Gasteiger partial charge in [0.05, 0.1) is 5.39 Å². The van der Waals surface area contributed by atoms with Crippen molar-refractivity contribution in [3.8, 4) is 0 Å². The number of hydrogen-bond acceptors (Lipinski definition) is 4. The number of fused-ring (bicyclic) bond motifs is 1. The summed E-state index contributed by atoms with van der Waals surface area (Å²) in [6, 6.07) is 13.6. The van der Waals surface area contributed by atoms with Crippen LogP contribution in [0.25, 0.3) is 10.8 Å². The number of piperazine rings is 1. The number of anilines is 1. The van der Waals surface area contributed by atoms with Crippen LogP contribution in [0, 0.1) is 5.82 Å². The van der Waals surface area contributed by atoms with Crippen molar-refractivity contribution in [1.82, 2.24) is 14.7 Å². The topological polar surface area (TPSA) is 58.4 Å². The van der Waals surface area contributed by atoms with Gasteiger partial charge in [-0.25, -0.2) is 9.07 Å². The fourth-order valence-corrected chi connectivity index (χ4v) is 3.60. The molecule has 28 heavy (non-hydrogen) atoms. The minimum absolute atomic E-state index is 0.183. The zero-order valence-corrected chi connectivity index (χ0v) is 15.6. The van der Waals surface area contributed by atoms with Crippen LogP contribution in [0.4, 0.5) is 10.1 Å². The average Bonchev–Trinajstić information content (AvgIpc) is 2.74. The van der Waals surface area contributed by atoms with Gasteiger partial charge in [-0.15, -0.1) is 0 Å². The van der Waals surface area contributed by atoms with E-state index in [9.17, 15) is 14.0 Å². The summed E-state index contributed by atoms with van der Waals surface area (Å²) in [5.74, 6) is -0.453. The lowest BCUT2D eigenvalue weighted by molar-refractivity contribution is 0.0740. The molecule has 2 aromatic carbocycles. The lowest BCUT2D eigenvalue weighted by atomic mass is 10.1. The lowest BCUT2D eigenvalue weighted by Crippen LogP contribution is -2.49. The summed E-state index contributed by atoms with van der Waals surface area (Å²) in [4.78, 5) is 29.4. The van der Waals surface area contributed by atoms with E-state index in [0.29, 0.717) is 49.2 Å². The SMILES string of the molecule is CCn1nc(C(=O)N2CCN(c3cccc(F)c3)CC2)c2ccccc2c1=O. The van der Waals surface area contributed by atoms with Gasteiger partial charge in [-0.1, -0.05) is 24.3 Å². The molecule has 0 bridgehead atoms. The Morgan fingerprint density at radius 3 is 2.43 bits per heavy atom. The van der Waals surface area contributed by atoms with Crippen LogP contribution < -0.4 is 10.5 Å². The Bertz CT molecular complexity index is 1090. The van der Waals surface area contributed by atoms with Gasteiger partial charge < -0.3 is 9.80 Å². The van der Waals surface area contributed by atoms with Crippen molar-refractivity contribution in [3.05, 3.63) is 70.4 Å². The van der Waals surface area contributed by atoms with Crippen molar-refractivity contribution in [2.24, 2.45) is 0 Å². The van der Waals surface area contributed by atoms with Gasteiger partial charge >= 0.3 is 0 Å². The summed E-state index contributed by atoms with van der Waals surface area (Å²) in [7, 11) is 0. The number of carbonyl (C=O) groups is 1. The fraction of sp³-hybridized carbons (Fsp3) is 0.286. The summed E-state index contributed by atoms with van der Waals surface area (Å²) < 4.78 is 14.8. The van der Waals surface area contributed by atoms with Gasteiger partial charge in [0.15, 0.2) is 5.69 Å². The predicted octanol–water partition coefficient (Wildman–Crippen LogP) is 2.52. The van der Waals surface area contributed by atoms with E-state index in [1.54, 1.807) is 35.2 Å². The molecule has 1 amide bonds. The number of nitrogens with zero attached hydrogens (tertiary/aromatic N) is 4. The Morgan fingerprint density at radius 2 is 1.75 bits per heavy atom. The summed E-state index contributed by atoms with van der Waals surface area (Å²) in [6.07, 6.45) is 0. The van der Waals surface area contributed by atoms with E-state index in [-0.39, 0.29) is 17.3 Å². The molecule has 0 saturated carbocycles. The van der Waals surface area contributed by atoms with Crippen molar-refractivity contribution in [3.63, 3.8) is 0 Å². The zero-order valence-electron chi connectivity index (χ0n) is 15.6. The number of amides is 1. The first-order valence-corrected chi connectivity index (χ1v) is 9.38. The number of aromatic nitrogens is 2. The van der Waals surface area contributed by atoms with Crippen molar-refractivity contribution in [2.45, 2.75) is 13.5 Å². The Labute approximate surface area is 161 Å². The van der Waals surface area contributed by atoms with Crippen LogP contribution >= 0.6 is 0 Å². The molecule has 2 heterocycles. The molecule has 0 atom stereocenters. The molecular formula is C21H21FN4O2. The molecule has 7 heteroatoms. The van der Waals surface area contributed by atoms with Crippen molar-refractivity contribution in [1.29, 1.82) is 0 Å². The molecule has 0 radical (unpaired) electrons. The molecule has 3 aromatic rings. The quantitative estimate of drug-likeness (QED) is 0.701. The number of rotatable bonds is 3. The van der Waals surface area contributed by atoms with Gasteiger partial charge in [0.2, 0.25) is 0 Å². The van der Waals surface area contributed by atoms with Crippen LogP contribution in [-0.4, -0.2) is 46.8 Å². The first-order valence-electron chi connectivity index (χ1n) is 9.38. The molecule has 0 unspecified atom stereocenters.